The summed E-state index contributed by atoms with van der Waals surface area (Å²) >= 11 is 6.46. The summed E-state index contributed by atoms with van der Waals surface area (Å²) in [4.78, 5) is 33.4. The molecule has 42 heavy (non-hydrogen) atoms. The van der Waals surface area contributed by atoms with Gasteiger partial charge >= 0.3 is 6.18 Å². The number of halogens is 5. The fraction of sp³-hybridized carbons (Fsp3) is 0.179. The number of H-pyrrole nitrogens is 1. The number of nitrogens with zero attached hydrogens (tertiary/aromatic N) is 2. The molecule has 0 spiro atoms. The van der Waals surface area contributed by atoms with E-state index in [4.69, 9.17) is 11.6 Å². The Labute approximate surface area is 240 Å². The normalized spacial score (nSPS) is 14.0. The van der Waals surface area contributed by atoms with Crippen LogP contribution in [0.5, 0.6) is 0 Å². The Balaban J connectivity index is 1.68. The number of hydrogen-bond donors (Lipinski definition) is 2. The molecule has 14 heteroatoms. The molecule has 216 valence electrons. The number of sulfonamides is 1. The Hall–Kier alpha value is -4.23. The third kappa shape index (κ3) is 4.92. The van der Waals surface area contributed by atoms with Crippen molar-refractivity contribution in [2.24, 2.45) is 0 Å². The molecule has 1 saturated carbocycles. The molecule has 3 aromatic heterocycles. The number of aromatic amines is 1. The Kier molecular flexibility index (Phi) is 6.61. The van der Waals surface area contributed by atoms with Crippen molar-refractivity contribution in [1.82, 2.24) is 19.3 Å². The van der Waals surface area contributed by atoms with Crippen molar-refractivity contribution < 1.29 is 30.8 Å². The number of pyridine rings is 2. The summed E-state index contributed by atoms with van der Waals surface area (Å²) in [5.74, 6) is -2.82. The Bertz CT molecular complexity index is 2090. The molecule has 3 heterocycles. The largest absolute Gasteiger partial charge is 0.419 e. The minimum Gasteiger partial charge on any atom is -0.331 e. The van der Waals surface area contributed by atoms with E-state index in [0.717, 1.165) is 4.57 Å². The van der Waals surface area contributed by atoms with Crippen LogP contribution >= 0.6 is 11.6 Å². The second-order valence-electron chi connectivity index (χ2n) is 9.88. The molecule has 0 radical (unpaired) electrons. The number of para-hydroxylation sites is 1. The average molecular weight is 619 g/mol. The zero-order chi connectivity index (χ0) is 30.0. The third-order valence-electron chi connectivity index (χ3n) is 7.04. The van der Waals surface area contributed by atoms with E-state index >= 15 is 0 Å². The topological polar surface area (TPSA) is 114 Å². The van der Waals surface area contributed by atoms with E-state index in [0.29, 0.717) is 41.4 Å². The molecular weight excluding hydrogens is 600 g/mol. The molecule has 0 saturated heterocycles. The second-order valence-corrected chi connectivity index (χ2v) is 12.2. The second kappa shape index (κ2) is 9.95. The van der Waals surface area contributed by atoms with Gasteiger partial charge < -0.3 is 9.55 Å². The smallest absolute Gasteiger partial charge is 0.331 e. The van der Waals surface area contributed by atoms with Crippen LogP contribution in [0.4, 0.5) is 17.6 Å². The third-order valence-corrected chi connectivity index (χ3v) is 9.18. The molecule has 1 aliphatic carbocycles. The highest BCUT2D eigenvalue weighted by Gasteiger charge is 2.40. The Morgan fingerprint density at radius 3 is 2.55 bits per heavy atom. The van der Waals surface area contributed by atoms with Crippen molar-refractivity contribution in [1.29, 1.82) is 0 Å². The molecule has 0 unspecified atom stereocenters. The van der Waals surface area contributed by atoms with E-state index < -0.39 is 50.0 Å². The number of aromatic nitrogens is 3. The Morgan fingerprint density at radius 1 is 1.12 bits per heavy atom. The first-order chi connectivity index (χ1) is 19.8. The molecule has 8 nitrogen and oxygen atoms in total. The van der Waals surface area contributed by atoms with Crippen LogP contribution in [0.3, 0.4) is 0 Å². The maximum Gasteiger partial charge on any atom is 0.419 e. The zero-order valence-corrected chi connectivity index (χ0v) is 22.9. The molecular formula is C28H19ClF4N4O4S. The quantitative estimate of drug-likeness (QED) is 0.189. The monoisotopic (exact) mass is 618 g/mol. The minimum atomic E-state index is -5.11. The van der Waals surface area contributed by atoms with Crippen LogP contribution in [0.1, 0.15) is 34.5 Å². The standard InChI is InChI=1S/C28H19ClF4N4O4S/c29-25-15(10-14-4-1-2-6-21(14)35-25)13-37-22-12-20(30)19(28(31,32)33)11-18(22)23(17-5-3-9-34-26(17)38)24(37)27(39)36-42(40,41)16-7-8-16/h1-6,9-12,16H,7-8,13H2,(H,34,38)(H,36,39). The first-order valence-corrected chi connectivity index (χ1v) is 14.5. The summed E-state index contributed by atoms with van der Waals surface area (Å²) in [6.45, 7) is -0.324. The van der Waals surface area contributed by atoms with Gasteiger partial charge in [-0.25, -0.2) is 22.5 Å². The molecule has 6 rings (SSSR count). The van der Waals surface area contributed by atoms with Crippen LogP contribution in [0, 0.1) is 5.82 Å². The number of alkyl halides is 3. The van der Waals surface area contributed by atoms with E-state index in [1.54, 1.807) is 30.3 Å². The lowest BCUT2D eigenvalue weighted by atomic mass is 10.0. The van der Waals surface area contributed by atoms with Gasteiger partial charge in [-0.2, -0.15) is 13.2 Å². The van der Waals surface area contributed by atoms with Crippen molar-refractivity contribution in [3.05, 3.63) is 98.9 Å². The molecule has 1 aliphatic rings. The Morgan fingerprint density at radius 2 is 1.86 bits per heavy atom. The zero-order valence-electron chi connectivity index (χ0n) is 21.3. The van der Waals surface area contributed by atoms with Crippen LogP contribution in [-0.2, 0) is 22.7 Å². The molecule has 2 N–H and O–H groups in total. The number of nitrogens with one attached hydrogen (secondary N) is 2. The van der Waals surface area contributed by atoms with Gasteiger partial charge in [0.25, 0.3) is 11.5 Å². The summed E-state index contributed by atoms with van der Waals surface area (Å²) in [6.07, 6.45) is -3.17. The SMILES string of the molecule is O=C(NS(=O)(=O)C1CC1)c1c(-c2ccc[nH]c2=O)c2cc(C(F)(F)F)c(F)cc2n1Cc1cc2ccccc2nc1Cl. The highest BCUT2D eigenvalue weighted by molar-refractivity contribution is 7.91. The van der Waals surface area contributed by atoms with Gasteiger partial charge in [0, 0.05) is 33.7 Å². The minimum absolute atomic E-state index is 0.000924. The molecule has 1 fully saturated rings. The molecule has 2 aromatic carbocycles. The van der Waals surface area contributed by atoms with Gasteiger partial charge in [0.2, 0.25) is 10.0 Å². The lowest BCUT2D eigenvalue weighted by Crippen LogP contribution is -2.35. The number of rotatable bonds is 6. The fourth-order valence-corrected chi connectivity index (χ4v) is 6.42. The summed E-state index contributed by atoms with van der Waals surface area (Å²) in [5.41, 5.74) is -2.72. The number of carbonyl (C=O) groups excluding carboxylic acids is 1. The number of amides is 1. The predicted molar refractivity (Wildman–Crippen MR) is 148 cm³/mol. The first-order valence-electron chi connectivity index (χ1n) is 12.6. The van der Waals surface area contributed by atoms with E-state index in [1.807, 2.05) is 4.72 Å². The highest BCUT2D eigenvalue weighted by Crippen LogP contribution is 2.40. The van der Waals surface area contributed by atoms with Gasteiger partial charge in [-0.15, -0.1) is 0 Å². The van der Waals surface area contributed by atoms with E-state index in [-0.39, 0.29) is 33.7 Å². The maximum atomic E-state index is 15.0. The summed E-state index contributed by atoms with van der Waals surface area (Å²) < 4.78 is 85.1. The van der Waals surface area contributed by atoms with Crippen LogP contribution in [0.15, 0.2) is 65.6 Å². The highest BCUT2D eigenvalue weighted by atomic mass is 35.5. The van der Waals surface area contributed by atoms with E-state index in [1.165, 1.54) is 18.3 Å². The van der Waals surface area contributed by atoms with Crippen LogP contribution in [0.25, 0.3) is 32.9 Å². The lowest BCUT2D eigenvalue weighted by Gasteiger charge is -2.14. The van der Waals surface area contributed by atoms with Gasteiger partial charge in [-0.05, 0) is 49.2 Å². The maximum absolute atomic E-state index is 15.0. The number of fused-ring (bicyclic) bond motifs is 2. The molecule has 0 atom stereocenters. The summed E-state index contributed by atoms with van der Waals surface area (Å²) in [7, 11) is -4.14. The van der Waals surface area contributed by atoms with Crippen molar-refractivity contribution in [3.63, 3.8) is 0 Å². The predicted octanol–water partition coefficient (Wildman–Crippen LogP) is 5.63. The van der Waals surface area contributed by atoms with Gasteiger partial charge in [0.05, 0.1) is 28.4 Å². The van der Waals surface area contributed by atoms with Crippen molar-refractivity contribution >= 4 is 49.3 Å². The average Bonchev–Trinajstić information content (AvgIpc) is 3.73. The molecule has 1 amide bonds. The van der Waals surface area contributed by atoms with Crippen LogP contribution in [-0.4, -0.2) is 34.1 Å². The van der Waals surface area contributed by atoms with Crippen molar-refractivity contribution in [2.75, 3.05) is 0 Å². The molecule has 5 aromatic rings. The van der Waals surface area contributed by atoms with Crippen molar-refractivity contribution in [3.8, 4) is 11.1 Å². The number of hydrogen-bond acceptors (Lipinski definition) is 5. The first kappa shape index (κ1) is 27.9. The fourth-order valence-electron chi connectivity index (χ4n) is 4.93. The summed E-state index contributed by atoms with van der Waals surface area (Å²) in [5, 5.41) is -0.449. The number of benzene rings is 2. The number of carbonyl (C=O) groups is 1. The van der Waals surface area contributed by atoms with Crippen LogP contribution < -0.4 is 10.3 Å². The van der Waals surface area contributed by atoms with Gasteiger partial charge in [-0.1, -0.05) is 29.8 Å². The van der Waals surface area contributed by atoms with E-state index in [2.05, 4.69) is 9.97 Å². The molecule has 0 bridgehead atoms. The van der Waals surface area contributed by atoms with Gasteiger partial charge in [0.15, 0.2) is 0 Å². The lowest BCUT2D eigenvalue weighted by molar-refractivity contribution is -0.139. The van der Waals surface area contributed by atoms with Gasteiger partial charge in [-0.3, -0.25) is 9.59 Å². The molecule has 0 aliphatic heterocycles. The van der Waals surface area contributed by atoms with E-state index in [9.17, 15) is 35.6 Å². The summed E-state index contributed by atoms with van der Waals surface area (Å²) in [6, 6.07) is 12.4. The van der Waals surface area contributed by atoms with Crippen molar-refractivity contribution in [2.45, 2.75) is 30.8 Å². The van der Waals surface area contributed by atoms with Gasteiger partial charge in [0.1, 0.15) is 16.7 Å². The van der Waals surface area contributed by atoms with Crippen LogP contribution in [0.2, 0.25) is 5.15 Å².